The summed E-state index contributed by atoms with van der Waals surface area (Å²) in [6.45, 7) is 1.55. The van der Waals surface area contributed by atoms with Gasteiger partial charge in [0.05, 0.1) is 11.8 Å². The fourth-order valence-corrected chi connectivity index (χ4v) is 7.12. The van der Waals surface area contributed by atoms with Crippen molar-refractivity contribution >= 4 is 41.0 Å². The molecule has 176 valence electrons. The zero-order valence-electron chi connectivity index (χ0n) is 18.8. The maximum atomic E-state index is 13.9. The van der Waals surface area contributed by atoms with E-state index in [0.717, 1.165) is 32.7 Å². The molecule has 0 radical (unpaired) electrons. The molecule has 0 unspecified atom stereocenters. The number of carbonyl (C=O) groups excluding carboxylic acids is 3. The van der Waals surface area contributed by atoms with Crippen LogP contribution < -0.4 is 0 Å². The lowest BCUT2D eigenvalue weighted by Gasteiger charge is -2.54. The highest BCUT2D eigenvalue weighted by atomic mass is 35.5. The van der Waals surface area contributed by atoms with E-state index in [4.69, 9.17) is 27.9 Å². The molecule has 0 aromatic heterocycles. The molecule has 0 N–H and O–H groups in total. The Morgan fingerprint density at radius 1 is 0.800 bits per heavy atom. The monoisotopic (exact) mass is 505 g/mol. The van der Waals surface area contributed by atoms with Crippen molar-refractivity contribution in [2.45, 2.75) is 29.3 Å². The number of esters is 1. The number of halogens is 2. The molecule has 3 aliphatic carbocycles. The zero-order valence-corrected chi connectivity index (χ0v) is 20.3. The fraction of sp³-hybridized carbons (Fsp3) is 0.250. The van der Waals surface area contributed by atoms with Crippen LogP contribution in [0, 0.1) is 11.8 Å². The average molecular weight is 506 g/mol. The smallest absolute Gasteiger partial charge is 0.329 e. The van der Waals surface area contributed by atoms with Crippen LogP contribution in [-0.4, -0.2) is 28.7 Å². The Morgan fingerprint density at radius 2 is 1.20 bits per heavy atom. The van der Waals surface area contributed by atoms with Crippen LogP contribution in [0.25, 0.3) is 0 Å². The van der Waals surface area contributed by atoms with Crippen LogP contribution in [0.5, 0.6) is 0 Å². The van der Waals surface area contributed by atoms with Gasteiger partial charge >= 0.3 is 5.97 Å². The van der Waals surface area contributed by atoms with Crippen molar-refractivity contribution in [1.29, 1.82) is 0 Å². The van der Waals surface area contributed by atoms with Gasteiger partial charge in [0.25, 0.3) is 0 Å². The standard InChI is InChI=1S/C28H21Cl2NO4/c1-16(26(34)35-15-17-9-3-2-4-10-17)31-24(32)22-23(25(31)33)28(30)19-12-6-5-11-18(19)27(22,29)20-13-7-8-14-21(20)28/h2-14,16,22-23H,15H2,1H3/t16-,22+,23+,27?,28?/m1/s1. The first-order chi connectivity index (χ1) is 16.8. The maximum absolute atomic E-state index is 13.9. The van der Waals surface area contributed by atoms with Gasteiger partial charge in [-0.1, -0.05) is 78.9 Å². The molecule has 3 aromatic rings. The van der Waals surface area contributed by atoms with E-state index in [1.807, 2.05) is 78.9 Å². The summed E-state index contributed by atoms with van der Waals surface area (Å²) in [5.41, 5.74) is 3.69. The molecule has 0 saturated carbocycles. The van der Waals surface area contributed by atoms with Gasteiger partial charge in [0, 0.05) is 0 Å². The molecular weight excluding hydrogens is 485 g/mol. The number of amides is 2. The van der Waals surface area contributed by atoms with Gasteiger partial charge < -0.3 is 4.74 Å². The number of alkyl halides is 2. The van der Waals surface area contributed by atoms with Crippen molar-refractivity contribution in [1.82, 2.24) is 4.90 Å². The number of likely N-dealkylation sites (tertiary alicyclic amines) is 1. The minimum absolute atomic E-state index is 0.0445. The third-order valence-electron chi connectivity index (χ3n) is 7.57. The summed E-state index contributed by atoms with van der Waals surface area (Å²) in [5.74, 6) is -3.56. The Labute approximate surface area is 212 Å². The van der Waals surface area contributed by atoms with Crippen molar-refractivity contribution < 1.29 is 19.1 Å². The van der Waals surface area contributed by atoms with Crippen LogP contribution in [0.1, 0.15) is 34.7 Å². The number of ether oxygens (including phenoxy) is 1. The van der Waals surface area contributed by atoms with E-state index >= 15 is 0 Å². The second-order valence-corrected chi connectivity index (χ2v) is 10.5. The largest absolute Gasteiger partial charge is 0.459 e. The Morgan fingerprint density at radius 3 is 1.63 bits per heavy atom. The molecule has 7 heteroatoms. The lowest BCUT2D eigenvalue weighted by atomic mass is 9.54. The second kappa shape index (κ2) is 7.67. The van der Waals surface area contributed by atoms with E-state index in [1.54, 1.807) is 0 Å². The van der Waals surface area contributed by atoms with E-state index in [0.29, 0.717) is 0 Å². The number of hydrogen-bond donors (Lipinski definition) is 0. The van der Waals surface area contributed by atoms with Crippen LogP contribution >= 0.6 is 23.2 Å². The summed E-state index contributed by atoms with van der Waals surface area (Å²) in [4.78, 5) is 39.2. The van der Waals surface area contributed by atoms with Crippen LogP contribution in [0.4, 0.5) is 0 Å². The molecule has 0 spiro atoms. The van der Waals surface area contributed by atoms with E-state index in [2.05, 4.69) is 0 Å². The summed E-state index contributed by atoms with van der Waals surface area (Å²) in [6, 6.07) is 23.0. The topological polar surface area (TPSA) is 63.7 Å². The lowest BCUT2D eigenvalue weighted by molar-refractivity contribution is -0.159. The molecule has 4 aliphatic rings. The molecule has 35 heavy (non-hydrogen) atoms. The molecule has 1 aliphatic heterocycles. The molecule has 7 rings (SSSR count). The molecule has 3 atom stereocenters. The molecule has 1 heterocycles. The molecule has 5 nitrogen and oxygen atoms in total. The predicted octanol–water partition coefficient (Wildman–Crippen LogP) is 4.71. The SMILES string of the molecule is C[C@H](C(=O)OCc1ccccc1)N1C(=O)[C@@H]2[C@@H](C1=O)C1(Cl)c3ccccc3C2(Cl)c2ccccc21. The normalized spacial score (nSPS) is 28.8. The lowest BCUT2D eigenvalue weighted by Crippen LogP contribution is -2.57. The van der Waals surface area contributed by atoms with Gasteiger partial charge in [-0.15, -0.1) is 23.2 Å². The van der Waals surface area contributed by atoms with Crippen molar-refractivity contribution in [3.63, 3.8) is 0 Å². The molecular formula is C28H21Cl2NO4. The quantitative estimate of drug-likeness (QED) is 0.292. The summed E-state index contributed by atoms with van der Waals surface area (Å²) in [7, 11) is 0. The Kier molecular flexibility index (Phi) is 4.89. The van der Waals surface area contributed by atoms with E-state index in [9.17, 15) is 14.4 Å². The summed E-state index contributed by atoms with van der Waals surface area (Å²) in [6.07, 6.45) is 0. The van der Waals surface area contributed by atoms with Crippen LogP contribution in [-0.2, 0) is 35.5 Å². The first-order valence-corrected chi connectivity index (χ1v) is 12.2. The van der Waals surface area contributed by atoms with Gasteiger partial charge in [-0.25, -0.2) is 4.79 Å². The highest BCUT2D eigenvalue weighted by molar-refractivity contribution is 6.36. The van der Waals surface area contributed by atoms with Gasteiger partial charge in [-0.2, -0.15) is 0 Å². The number of benzene rings is 3. The first-order valence-electron chi connectivity index (χ1n) is 11.5. The van der Waals surface area contributed by atoms with Crippen LogP contribution in [0.2, 0.25) is 0 Å². The van der Waals surface area contributed by atoms with Crippen molar-refractivity contribution in [3.05, 3.63) is 107 Å². The van der Waals surface area contributed by atoms with Crippen LogP contribution in [0.3, 0.4) is 0 Å². The number of rotatable bonds is 4. The predicted molar refractivity (Wildman–Crippen MR) is 131 cm³/mol. The maximum Gasteiger partial charge on any atom is 0.329 e. The van der Waals surface area contributed by atoms with Gasteiger partial charge in [-0.3, -0.25) is 14.5 Å². The minimum atomic E-state index is -1.27. The van der Waals surface area contributed by atoms with Crippen molar-refractivity contribution in [2.24, 2.45) is 11.8 Å². The minimum Gasteiger partial charge on any atom is -0.459 e. The van der Waals surface area contributed by atoms with E-state index < -0.39 is 45.4 Å². The van der Waals surface area contributed by atoms with Gasteiger partial charge in [0.1, 0.15) is 22.4 Å². The second-order valence-electron chi connectivity index (χ2n) is 9.29. The highest BCUT2D eigenvalue weighted by Gasteiger charge is 2.73. The summed E-state index contributed by atoms with van der Waals surface area (Å²) in [5, 5.41) is 0. The van der Waals surface area contributed by atoms with Gasteiger partial charge in [0.2, 0.25) is 11.8 Å². The number of imide groups is 1. The Balaban J connectivity index is 1.41. The summed E-state index contributed by atoms with van der Waals surface area (Å²) >= 11 is 14.8. The zero-order chi connectivity index (χ0) is 24.5. The Hall–Kier alpha value is -3.15. The van der Waals surface area contributed by atoms with Crippen molar-refractivity contribution in [2.75, 3.05) is 0 Å². The fourth-order valence-electron chi connectivity index (χ4n) is 6.03. The highest BCUT2D eigenvalue weighted by Crippen LogP contribution is 2.69. The molecule has 2 amide bonds. The number of nitrogens with zero attached hydrogens (tertiary/aromatic N) is 1. The molecule has 2 bridgehead atoms. The number of carbonyl (C=O) groups is 3. The number of hydrogen-bond acceptors (Lipinski definition) is 4. The third kappa shape index (κ3) is 2.79. The molecule has 3 aromatic carbocycles. The van der Waals surface area contributed by atoms with Crippen LogP contribution in [0.15, 0.2) is 78.9 Å². The van der Waals surface area contributed by atoms with Gasteiger partial charge in [-0.05, 0) is 34.7 Å². The molecule has 1 saturated heterocycles. The van der Waals surface area contributed by atoms with Gasteiger partial charge in [0.15, 0.2) is 0 Å². The summed E-state index contributed by atoms with van der Waals surface area (Å²) < 4.78 is 5.44. The molecule has 1 fully saturated rings. The third-order valence-corrected chi connectivity index (χ3v) is 8.86. The van der Waals surface area contributed by atoms with Crippen molar-refractivity contribution in [3.8, 4) is 0 Å². The Bertz CT molecular complexity index is 1270. The van der Waals surface area contributed by atoms with E-state index in [1.165, 1.54) is 6.92 Å². The first kappa shape index (κ1) is 22.3. The van der Waals surface area contributed by atoms with E-state index in [-0.39, 0.29) is 6.61 Å². The average Bonchev–Trinajstić information content (AvgIpc) is 3.17.